The average Bonchev–Trinajstić information content (AvgIpc) is 2.66. The molecule has 2 rings (SSSR count). The van der Waals surface area contributed by atoms with Gasteiger partial charge in [-0.3, -0.25) is 4.68 Å². The fraction of sp³-hybridized carbons (Fsp3) is 0.400. The minimum absolute atomic E-state index is 0.119. The van der Waals surface area contributed by atoms with Crippen LogP contribution >= 0.6 is 0 Å². The number of aryl methyl sites for hydroxylation is 1. The van der Waals surface area contributed by atoms with Crippen LogP contribution in [0.25, 0.3) is 11.1 Å². The number of hydrogen-bond acceptors (Lipinski definition) is 3. The van der Waals surface area contributed by atoms with Crippen LogP contribution in [0.4, 0.5) is 14.6 Å². The molecule has 0 atom stereocenters. The Kier molecular flexibility index (Phi) is 3.89. The summed E-state index contributed by atoms with van der Waals surface area (Å²) in [5.74, 6) is 0.663. The van der Waals surface area contributed by atoms with Gasteiger partial charge in [0.05, 0.1) is 5.69 Å². The number of rotatable bonds is 3. The maximum atomic E-state index is 12.2. The Morgan fingerprint density at radius 3 is 2.24 bits per heavy atom. The van der Waals surface area contributed by atoms with Crippen molar-refractivity contribution in [2.45, 2.75) is 32.8 Å². The normalized spacial score (nSPS) is 12.0. The molecule has 0 aliphatic carbocycles. The summed E-state index contributed by atoms with van der Waals surface area (Å²) in [5.41, 5.74) is 8.44. The first-order valence-electron chi connectivity index (χ1n) is 6.58. The molecule has 1 heterocycles. The van der Waals surface area contributed by atoms with Crippen LogP contribution in [-0.4, -0.2) is 16.4 Å². The third-order valence-corrected chi connectivity index (χ3v) is 3.17. The van der Waals surface area contributed by atoms with Crippen molar-refractivity contribution in [1.29, 1.82) is 0 Å². The Hall–Kier alpha value is -2.11. The van der Waals surface area contributed by atoms with Crippen LogP contribution in [0.15, 0.2) is 24.3 Å². The number of ether oxygens (including phenoxy) is 1. The van der Waals surface area contributed by atoms with Gasteiger partial charge in [-0.25, -0.2) is 0 Å². The predicted octanol–water partition coefficient (Wildman–Crippen LogP) is 3.57. The lowest BCUT2D eigenvalue weighted by atomic mass is 9.87. The Labute approximate surface area is 122 Å². The van der Waals surface area contributed by atoms with Gasteiger partial charge in [0.1, 0.15) is 11.6 Å². The van der Waals surface area contributed by atoms with Gasteiger partial charge >= 0.3 is 6.61 Å². The number of halogens is 2. The van der Waals surface area contributed by atoms with Crippen LogP contribution in [0.1, 0.15) is 26.5 Å². The molecule has 2 N–H and O–H groups in total. The van der Waals surface area contributed by atoms with Crippen molar-refractivity contribution in [2.75, 3.05) is 5.73 Å². The van der Waals surface area contributed by atoms with Crippen molar-refractivity contribution in [2.24, 2.45) is 7.05 Å². The lowest BCUT2D eigenvalue weighted by Crippen LogP contribution is -2.13. The summed E-state index contributed by atoms with van der Waals surface area (Å²) in [7, 11) is 1.78. The number of benzene rings is 1. The topological polar surface area (TPSA) is 53.1 Å². The monoisotopic (exact) mass is 295 g/mol. The highest BCUT2D eigenvalue weighted by Gasteiger charge is 2.25. The molecule has 0 aliphatic heterocycles. The van der Waals surface area contributed by atoms with Crippen LogP contribution < -0.4 is 10.5 Å². The van der Waals surface area contributed by atoms with Crippen LogP contribution in [-0.2, 0) is 12.5 Å². The van der Waals surface area contributed by atoms with Crippen LogP contribution in [0.5, 0.6) is 5.75 Å². The fourth-order valence-corrected chi connectivity index (χ4v) is 2.15. The lowest BCUT2D eigenvalue weighted by molar-refractivity contribution is -0.0498. The number of nitrogens with zero attached hydrogens (tertiary/aromatic N) is 2. The van der Waals surface area contributed by atoms with E-state index in [-0.39, 0.29) is 11.2 Å². The van der Waals surface area contributed by atoms with Gasteiger partial charge in [0.15, 0.2) is 0 Å². The molecule has 0 spiro atoms. The Morgan fingerprint density at radius 1 is 1.19 bits per heavy atom. The second-order valence-electron chi connectivity index (χ2n) is 5.89. The molecular weight excluding hydrogens is 276 g/mol. The third kappa shape index (κ3) is 3.15. The van der Waals surface area contributed by atoms with Crippen LogP contribution in [0.3, 0.4) is 0 Å². The van der Waals surface area contributed by atoms with Crippen molar-refractivity contribution < 1.29 is 13.5 Å². The fourth-order valence-electron chi connectivity index (χ4n) is 2.15. The molecular formula is C15H19F2N3O. The SMILES string of the molecule is Cn1nc(C(C)(C)C)c(-c2ccc(OC(F)F)cc2)c1N. The number of nitrogen functional groups attached to an aromatic ring is 1. The van der Waals surface area contributed by atoms with Crippen molar-refractivity contribution in [3.05, 3.63) is 30.0 Å². The molecule has 0 radical (unpaired) electrons. The largest absolute Gasteiger partial charge is 0.435 e. The molecule has 2 aromatic rings. The quantitative estimate of drug-likeness (QED) is 0.941. The van der Waals surface area contributed by atoms with Gasteiger partial charge in [0.25, 0.3) is 0 Å². The molecule has 0 bridgehead atoms. The average molecular weight is 295 g/mol. The highest BCUT2D eigenvalue weighted by atomic mass is 19.3. The number of hydrogen-bond donors (Lipinski definition) is 1. The van der Waals surface area contributed by atoms with E-state index < -0.39 is 6.61 Å². The molecule has 6 heteroatoms. The zero-order valence-corrected chi connectivity index (χ0v) is 12.5. The number of alkyl halides is 2. The minimum Gasteiger partial charge on any atom is -0.435 e. The van der Waals surface area contributed by atoms with E-state index in [9.17, 15) is 8.78 Å². The van der Waals surface area contributed by atoms with E-state index in [0.29, 0.717) is 5.82 Å². The van der Waals surface area contributed by atoms with Crippen molar-refractivity contribution in [3.8, 4) is 16.9 Å². The molecule has 0 aliphatic rings. The van der Waals surface area contributed by atoms with Crippen molar-refractivity contribution >= 4 is 5.82 Å². The van der Waals surface area contributed by atoms with Crippen LogP contribution in [0, 0.1) is 0 Å². The van der Waals surface area contributed by atoms with Gasteiger partial charge in [-0.2, -0.15) is 13.9 Å². The maximum Gasteiger partial charge on any atom is 0.387 e. The van der Waals surface area contributed by atoms with E-state index in [0.717, 1.165) is 16.8 Å². The van der Waals surface area contributed by atoms with E-state index in [1.54, 1.807) is 23.9 Å². The molecule has 4 nitrogen and oxygen atoms in total. The smallest absolute Gasteiger partial charge is 0.387 e. The zero-order valence-electron chi connectivity index (χ0n) is 12.5. The van der Waals surface area contributed by atoms with E-state index in [2.05, 4.69) is 9.84 Å². The van der Waals surface area contributed by atoms with E-state index in [1.165, 1.54) is 12.1 Å². The highest BCUT2D eigenvalue weighted by molar-refractivity contribution is 5.77. The van der Waals surface area contributed by atoms with Crippen molar-refractivity contribution in [1.82, 2.24) is 9.78 Å². The van der Waals surface area contributed by atoms with Crippen molar-refractivity contribution in [3.63, 3.8) is 0 Å². The first-order valence-corrected chi connectivity index (χ1v) is 6.58. The summed E-state index contributed by atoms with van der Waals surface area (Å²) in [4.78, 5) is 0. The van der Waals surface area contributed by atoms with Gasteiger partial charge in [0.2, 0.25) is 0 Å². The number of nitrogens with two attached hydrogens (primary N) is 1. The van der Waals surface area contributed by atoms with Gasteiger partial charge in [-0.1, -0.05) is 32.9 Å². The van der Waals surface area contributed by atoms with Gasteiger partial charge in [-0.15, -0.1) is 0 Å². The molecule has 114 valence electrons. The first kappa shape index (κ1) is 15.3. The molecule has 1 aromatic heterocycles. The lowest BCUT2D eigenvalue weighted by Gasteiger charge is -2.17. The Morgan fingerprint density at radius 2 is 1.76 bits per heavy atom. The summed E-state index contributed by atoms with van der Waals surface area (Å²) >= 11 is 0. The van der Waals surface area contributed by atoms with E-state index in [1.807, 2.05) is 20.8 Å². The van der Waals surface area contributed by atoms with Gasteiger partial charge in [-0.05, 0) is 17.7 Å². The molecule has 0 unspecified atom stereocenters. The second-order valence-corrected chi connectivity index (χ2v) is 5.89. The van der Waals surface area contributed by atoms with Crippen LogP contribution in [0.2, 0.25) is 0 Å². The second kappa shape index (κ2) is 5.35. The van der Waals surface area contributed by atoms with E-state index >= 15 is 0 Å². The summed E-state index contributed by atoms with van der Waals surface area (Å²) in [6.07, 6.45) is 0. The van der Waals surface area contributed by atoms with Gasteiger partial charge in [0, 0.05) is 18.0 Å². The maximum absolute atomic E-state index is 12.2. The molecule has 0 saturated carbocycles. The summed E-state index contributed by atoms with van der Waals surface area (Å²) < 4.78 is 30.3. The first-order chi connectivity index (χ1) is 9.70. The molecule has 0 saturated heterocycles. The Bertz CT molecular complexity index is 628. The highest BCUT2D eigenvalue weighted by Crippen LogP contribution is 2.36. The number of anilines is 1. The van der Waals surface area contributed by atoms with E-state index in [4.69, 9.17) is 5.73 Å². The van der Waals surface area contributed by atoms with Gasteiger partial charge < -0.3 is 10.5 Å². The summed E-state index contributed by atoms with van der Waals surface area (Å²) in [6, 6.07) is 6.42. The summed E-state index contributed by atoms with van der Waals surface area (Å²) in [5, 5.41) is 4.47. The molecule has 1 aromatic carbocycles. The zero-order chi connectivity index (χ0) is 15.8. The molecule has 0 fully saturated rings. The number of aromatic nitrogens is 2. The standard InChI is InChI=1S/C15H19F2N3O/c1-15(2,3)12-11(13(18)20(4)19-12)9-5-7-10(8-6-9)21-14(16)17/h5-8,14H,18H2,1-4H3. The Balaban J connectivity index is 2.47. The molecule has 21 heavy (non-hydrogen) atoms. The third-order valence-electron chi connectivity index (χ3n) is 3.17. The minimum atomic E-state index is -2.83. The predicted molar refractivity (Wildman–Crippen MR) is 78.4 cm³/mol. The summed E-state index contributed by atoms with van der Waals surface area (Å²) in [6.45, 7) is 3.32. The molecule has 0 amide bonds.